The van der Waals surface area contributed by atoms with Crippen LogP contribution in [-0.4, -0.2) is 16.5 Å². The van der Waals surface area contributed by atoms with Gasteiger partial charge < -0.3 is 5.32 Å². The van der Waals surface area contributed by atoms with Crippen LogP contribution in [0.2, 0.25) is 0 Å². The summed E-state index contributed by atoms with van der Waals surface area (Å²) >= 11 is 1.77. The van der Waals surface area contributed by atoms with E-state index < -0.39 is 0 Å². The molecule has 0 aliphatic rings. The van der Waals surface area contributed by atoms with Gasteiger partial charge in [0.25, 0.3) is 0 Å². The lowest BCUT2D eigenvalue weighted by Gasteiger charge is -2.17. The van der Waals surface area contributed by atoms with Gasteiger partial charge in [0.2, 0.25) is 0 Å². The Morgan fingerprint density at radius 2 is 2.00 bits per heavy atom. The highest BCUT2D eigenvalue weighted by Crippen LogP contribution is 2.34. The second kappa shape index (κ2) is 6.67. The number of hydrogen-bond donors (Lipinski definition) is 1. The molecule has 0 saturated carbocycles. The van der Waals surface area contributed by atoms with Crippen LogP contribution in [0.4, 0.5) is 0 Å². The van der Waals surface area contributed by atoms with E-state index in [1.54, 1.807) is 11.3 Å². The average molecular weight is 303 g/mol. The topological polar surface area (TPSA) is 37.8 Å². The van der Waals surface area contributed by atoms with Gasteiger partial charge in [0.15, 0.2) is 0 Å². The van der Waals surface area contributed by atoms with Crippen molar-refractivity contribution in [3.05, 3.63) is 34.5 Å². The number of aryl methyl sites for hydroxylation is 1. The minimum atomic E-state index is 0.0562. The summed E-state index contributed by atoms with van der Waals surface area (Å²) in [6.07, 6.45) is 2.84. The van der Waals surface area contributed by atoms with E-state index in [9.17, 15) is 0 Å². The smallest absolute Gasteiger partial charge is 0.142 e. The largest absolute Gasteiger partial charge is 0.312 e. The molecule has 0 amide bonds. The van der Waals surface area contributed by atoms with E-state index in [1.165, 1.54) is 16.1 Å². The first kappa shape index (κ1) is 16.1. The molecule has 0 fully saturated rings. The maximum absolute atomic E-state index is 4.93. The van der Waals surface area contributed by atoms with Crippen LogP contribution >= 0.6 is 11.3 Å². The highest BCUT2D eigenvalue weighted by molar-refractivity contribution is 7.15. The number of rotatable bonds is 5. The molecule has 2 rings (SSSR count). The van der Waals surface area contributed by atoms with Gasteiger partial charge in [0.05, 0.1) is 5.69 Å². The van der Waals surface area contributed by atoms with Crippen molar-refractivity contribution in [1.82, 2.24) is 15.3 Å². The SMILES string of the molecule is CCNCc1sc(-c2ncccc2CC)nc1C(C)(C)C. The Kier molecular flexibility index (Phi) is 5.12. The Labute approximate surface area is 131 Å². The molecule has 2 heterocycles. The van der Waals surface area contributed by atoms with E-state index in [2.05, 4.69) is 51.0 Å². The van der Waals surface area contributed by atoms with Crippen molar-refractivity contribution in [3.63, 3.8) is 0 Å². The van der Waals surface area contributed by atoms with Gasteiger partial charge in [0, 0.05) is 23.0 Å². The highest BCUT2D eigenvalue weighted by atomic mass is 32.1. The number of nitrogens with zero attached hydrogens (tertiary/aromatic N) is 2. The summed E-state index contributed by atoms with van der Waals surface area (Å²) in [5, 5.41) is 4.47. The van der Waals surface area contributed by atoms with Gasteiger partial charge in [-0.05, 0) is 24.6 Å². The predicted molar refractivity (Wildman–Crippen MR) is 90.8 cm³/mol. The van der Waals surface area contributed by atoms with Crippen LogP contribution in [0.3, 0.4) is 0 Å². The molecule has 3 nitrogen and oxygen atoms in total. The lowest BCUT2D eigenvalue weighted by atomic mass is 9.91. The van der Waals surface area contributed by atoms with Crippen LogP contribution in [0, 0.1) is 0 Å². The molecule has 0 unspecified atom stereocenters. The summed E-state index contributed by atoms with van der Waals surface area (Å²) in [5.74, 6) is 0. The predicted octanol–water partition coefficient (Wildman–Crippen LogP) is 4.17. The third-order valence-electron chi connectivity index (χ3n) is 3.42. The Hall–Kier alpha value is -1.26. The van der Waals surface area contributed by atoms with Gasteiger partial charge in [-0.15, -0.1) is 11.3 Å². The van der Waals surface area contributed by atoms with Crippen molar-refractivity contribution < 1.29 is 0 Å². The summed E-state index contributed by atoms with van der Waals surface area (Å²) in [6.45, 7) is 12.8. The van der Waals surface area contributed by atoms with Crippen molar-refractivity contribution in [2.45, 2.75) is 53.0 Å². The maximum Gasteiger partial charge on any atom is 0.142 e. The summed E-state index contributed by atoms with van der Waals surface area (Å²) < 4.78 is 0. The molecule has 0 aliphatic carbocycles. The molecule has 4 heteroatoms. The average Bonchev–Trinajstić information content (AvgIpc) is 2.89. The highest BCUT2D eigenvalue weighted by Gasteiger charge is 2.24. The Bertz CT molecular complexity index is 596. The van der Waals surface area contributed by atoms with Crippen LogP contribution in [0.25, 0.3) is 10.7 Å². The van der Waals surface area contributed by atoms with Crippen LogP contribution in [0.1, 0.15) is 50.8 Å². The molecule has 0 saturated heterocycles. The van der Waals surface area contributed by atoms with Crippen molar-refractivity contribution in [3.8, 4) is 10.7 Å². The van der Waals surface area contributed by atoms with Gasteiger partial charge in [-0.25, -0.2) is 4.98 Å². The van der Waals surface area contributed by atoms with Crippen LogP contribution in [0.5, 0.6) is 0 Å². The molecule has 114 valence electrons. The second-order valence-corrected chi connectivity index (χ2v) is 7.27. The summed E-state index contributed by atoms with van der Waals surface area (Å²) in [7, 11) is 0. The molecular formula is C17H25N3S. The first-order chi connectivity index (χ1) is 9.97. The van der Waals surface area contributed by atoms with E-state index >= 15 is 0 Å². The Balaban J connectivity index is 2.48. The van der Waals surface area contributed by atoms with Gasteiger partial charge in [0.1, 0.15) is 10.7 Å². The van der Waals surface area contributed by atoms with Crippen molar-refractivity contribution in [2.75, 3.05) is 6.54 Å². The summed E-state index contributed by atoms with van der Waals surface area (Å²) in [4.78, 5) is 10.8. The third-order valence-corrected chi connectivity index (χ3v) is 4.48. The van der Waals surface area contributed by atoms with Gasteiger partial charge in [-0.1, -0.05) is 40.7 Å². The fraction of sp³-hybridized carbons (Fsp3) is 0.529. The Morgan fingerprint density at radius 1 is 1.24 bits per heavy atom. The number of hydrogen-bond acceptors (Lipinski definition) is 4. The monoisotopic (exact) mass is 303 g/mol. The molecule has 21 heavy (non-hydrogen) atoms. The first-order valence-electron chi connectivity index (χ1n) is 7.62. The van der Waals surface area contributed by atoms with E-state index in [0.717, 1.165) is 30.2 Å². The minimum absolute atomic E-state index is 0.0562. The Morgan fingerprint density at radius 3 is 2.62 bits per heavy atom. The fourth-order valence-electron chi connectivity index (χ4n) is 2.31. The molecule has 1 N–H and O–H groups in total. The third kappa shape index (κ3) is 3.69. The molecular weight excluding hydrogens is 278 g/mol. The standard InChI is InChI=1S/C17H25N3S/c1-6-12-9-8-10-19-14(12)16-20-15(17(3,4)5)13(21-16)11-18-7-2/h8-10,18H,6-7,11H2,1-5H3. The molecule has 0 aromatic carbocycles. The summed E-state index contributed by atoms with van der Waals surface area (Å²) in [5.41, 5.74) is 3.55. The van der Waals surface area contributed by atoms with Gasteiger partial charge >= 0.3 is 0 Å². The molecule has 2 aromatic rings. The number of nitrogens with one attached hydrogen (secondary N) is 1. The molecule has 0 spiro atoms. The van der Waals surface area contributed by atoms with Crippen molar-refractivity contribution >= 4 is 11.3 Å². The second-order valence-electron chi connectivity index (χ2n) is 6.19. The number of pyridine rings is 1. The minimum Gasteiger partial charge on any atom is -0.312 e. The van der Waals surface area contributed by atoms with E-state index in [4.69, 9.17) is 4.98 Å². The van der Waals surface area contributed by atoms with Crippen LogP contribution in [-0.2, 0) is 18.4 Å². The molecule has 0 radical (unpaired) electrons. The lowest BCUT2D eigenvalue weighted by molar-refractivity contribution is 0.561. The zero-order chi connectivity index (χ0) is 15.5. The number of aromatic nitrogens is 2. The molecule has 2 aromatic heterocycles. The zero-order valence-electron chi connectivity index (χ0n) is 13.7. The maximum atomic E-state index is 4.93. The van der Waals surface area contributed by atoms with Gasteiger partial charge in [-0.2, -0.15) is 0 Å². The van der Waals surface area contributed by atoms with E-state index in [0.29, 0.717) is 0 Å². The first-order valence-corrected chi connectivity index (χ1v) is 8.44. The normalized spacial score (nSPS) is 11.9. The van der Waals surface area contributed by atoms with Gasteiger partial charge in [-0.3, -0.25) is 4.98 Å². The van der Waals surface area contributed by atoms with E-state index in [1.807, 2.05) is 12.3 Å². The van der Waals surface area contributed by atoms with Crippen LogP contribution in [0.15, 0.2) is 18.3 Å². The molecule has 0 bridgehead atoms. The lowest BCUT2D eigenvalue weighted by Crippen LogP contribution is -2.18. The fourth-order valence-corrected chi connectivity index (χ4v) is 3.59. The molecule has 0 atom stereocenters. The summed E-state index contributed by atoms with van der Waals surface area (Å²) in [6, 6.07) is 4.14. The number of thiazole rings is 1. The zero-order valence-corrected chi connectivity index (χ0v) is 14.5. The van der Waals surface area contributed by atoms with E-state index in [-0.39, 0.29) is 5.41 Å². The van der Waals surface area contributed by atoms with Crippen molar-refractivity contribution in [1.29, 1.82) is 0 Å². The van der Waals surface area contributed by atoms with Crippen LogP contribution < -0.4 is 5.32 Å². The quantitative estimate of drug-likeness (QED) is 0.900. The van der Waals surface area contributed by atoms with Crippen molar-refractivity contribution in [2.24, 2.45) is 0 Å². The molecule has 0 aliphatic heterocycles.